The third-order valence-corrected chi connectivity index (χ3v) is 6.06. The van der Waals surface area contributed by atoms with Gasteiger partial charge in [0.25, 0.3) is 0 Å². The van der Waals surface area contributed by atoms with Crippen LogP contribution in [-0.2, 0) is 43.3 Å². The van der Waals surface area contributed by atoms with Gasteiger partial charge in [-0.25, -0.2) is 4.79 Å². The Hall–Kier alpha value is -4.66. The average Bonchev–Trinajstić information content (AvgIpc) is 3.07. The second-order valence-electron chi connectivity index (χ2n) is 13.1. The first kappa shape index (κ1) is 45.3. The highest BCUT2D eigenvalue weighted by Gasteiger charge is 2.21. The number of ether oxygens (including phenoxy) is 2. The number of hydrogen-bond donors (Lipinski definition) is 2. The lowest BCUT2D eigenvalue weighted by Gasteiger charge is -2.26. The van der Waals surface area contributed by atoms with Crippen molar-refractivity contribution in [3.63, 3.8) is 0 Å². The number of nitrogens with one attached hydrogen (secondary N) is 2. The van der Waals surface area contributed by atoms with E-state index < -0.39 is 23.5 Å². The van der Waals surface area contributed by atoms with E-state index in [0.29, 0.717) is 25.9 Å². The number of carbonyl (C=O) groups excluding carboxylic acids is 4. The molecule has 0 saturated carbocycles. The molecule has 0 saturated heterocycles. The second kappa shape index (κ2) is 27.2. The van der Waals surface area contributed by atoms with Crippen LogP contribution in [0.15, 0.2) is 91.0 Å². The van der Waals surface area contributed by atoms with Gasteiger partial charge in [0, 0.05) is 19.5 Å². The highest BCUT2D eigenvalue weighted by molar-refractivity contribution is 5.87. The second-order valence-corrected chi connectivity index (χ2v) is 13.1. The van der Waals surface area contributed by atoms with E-state index >= 15 is 0 Å². The van der Waals surface area contributed by atoms with Crippen molar-refractivity contribution in [1.82, 2.24) is 15.5 Å². The van der Waals surface area contributed by atoms with Gasteiger partial charge in [0.15, 0.2) is 0 Å². The average molecular weight is 692 g/mol. The van der Waals surface area contributed by atoms with Crippen molar-refractivity contribution in [1.29, 1.82) is 0 Å². The molecular formula is C41H61N3O6. The first-order valence-electron chi connectivity index (χ1n) is 17.5. The van der Waals surface area contributed by atoms with Crippen LogP contribution in [0.1, 0.15) is 85.4 Å². The van der Waals surface area contributed by atoms with Crippen LogP contribution in [0.3, 0.4) is 0 Å². The molecule has 1 atom stereocenters. The number of esters is 1. The van der Waals surface area contributed by atoms with Gasteiger partial charge in [0.2, 0.25) is 12.3 Å². The Morgan fingerprint density at radius 1 is 0.780 bits per heavy atom. The van der Waals surface area contributed by atoms with Crippen molar-refractivity contribution >= 4 is 24.4 Å². The lowest BCUT2D eigenvalue weighted by Crippen LogP contribution is -2.46. The molecule has 2 N–H and O–H groups in total. The highest BCUT2D eigenvalue weighted by atomic mass is 16.6. The Kier molecular flexibility index (Phi) is 24.7. The summed E-state index contributed by atoms with van der Waals surface area (Å²) in [5.41, 5.74) is 2.58. The summed E-state index contributed by atoms with van der Waals surface area (Å²) in [7, 11) is 0. The molecule has 0 bridgehead atoms. The number of likely N-dealkylation sites (N-methyl/N-ethyl adjacent to an activating group) is 1. The molecule has 0 aliphatic carbocycles. The van der Waals surface area contributed by atoms with Crippen molar-refractivity contribution in [2.75, 3.05) is 19.6 Å². The molecule has 0 fully saturated rings. The zero-order valence-electron chi connectivity index (χ0n) is 31.7. The maximum absolute atomic E-state index is 12.2. The molecular weight excluding hydrogens is 630 g/mol. The predicted octanol–water partition coefficient (Wildman–Crippen LogP) is 7.77. The van der Waals surface area contributed by atoms with Gasteiger partial charge in [-0.05, 0) is 56.7 Å². The summed E-state index contributed by atoms with van der Waals surface area (Å²) < 4.78 is 10.5. The summed E-state index contributed by atoms with van der Waals surface area (Å²) >= 11 is 0. The van der Waals surface area contributed by atoms with Gasteiger partial charge in [-0.3, -0.25) is 14.4 Å². The fourth-order valence-corrected chi connectivity index (χ4v) is 3.84. The van der Waals surface area contributed by atoms with E-state index in [1.165, 1.54) is 12.0 Å². The van der Waals surface area contributed by atoms with E-state index in [0.717, 1.165) is 23.5 Å². The van der Waals surface area contributed by atoms with Crippen LogP contribution < -0.4 is 10.6 Å². The summed E-state index contributed by atoms with van der Waals surface area (Å²) in [6.07, 6.45) is 2.68. The van der Waals surface area contributed by atoms with E-state index in [-0.39, 0.29) is 19.2 Å². The highest BCUT2D eigenvalue weighted by Crippen LogP contribution is 2.11. The first-order valence-corrected chi connectivity index (χ1v) is 17.5. The summed E-state index contributed by atoms with van der Waals surface area (Å²) in [6.45, 7) is 19.6. The van der Waals surface area contributed by atoms with Crippen LogP contribution in [-0.4, -0.2) is 60.6 Å². The Morgan fingerprint density at radius 3 is 1.68 bits per heavy atom. The topological polar surface area (TPSA) is 114 Å². The van der Waals surface area contributed by atoms with E-state index in [1.807, 2.05) is 107 Å². The minimum absolute atomic E-state index is 0.148. The number of hydrogen-bond acceptors (Lipinski definition) is 6. The molecule has 3 aromatic rings. The molecule has 0 heterocycles. The summed E-state index contributed by atoms with van der Waals surface area (Å²) in [5, 5.41) is 4.96. The maximum Gasteiger partial charge on any atom is 0.410 e. The van der Waals surface area contributed by atoms with Gasteiger partial charge in [0.1, 0.15) is 24.8 Å². The predicted molar refractivity (Wildman–Crippen MR) is 202 cm³/mol. The Bertz CT molecular complexity index is 1310. The van der Waals surface area contributed by atoms with Gasteiger partial charge in [-0.15, -0.1) is 0 Å². The molecule has 0 aliphatic rings. The van der Waals surface area contributed by atoms with Crippen LogP contribution in [0, 0.1) is 5.92 Å². The summed E-state index contributed by atoms with van der Waals surface area (Å²) in [4.78, 5) is 48.3. The van der Waals surface area contributed by atoms with Gasteiger partial charge in [-0.2, -0.15) is 0 Å². The summed E-state index contributed by atoms with van der Waals surface area (Å²) in [6, 6.07) is 28.0. The third-order valence-electron chi connectivity index (χ3n) is 6.06. The standard InChI is InChI=1S/C19H20N2O4.C15H23NO2.C4H10.C3H8/c22-14-21-17(11-15-7-3-1-4-8-15)19(24)20-12-18(23)25-13-16-9-5-2-6-10-16;1-5-16(14(17)18-15(2,3)4)12-11-13-9-7-6-8-10-13;1-4(2)3;1-3-2/h1-10,14,17H,11-13H2,(H,20,24)(H,21,22);6-10H,5,11-12H2,1-4H3;4H,1-3H3;3H2,1-2H3. The fraction of sp³-hybridized carbons (Fsp3) is 0.463. The van der Waals surface area contributed by atoms with Crippen molar-refractivity contribution in [3.05, 3.63) is 108 Å². The van der Waals surface area contributed by atoms with Crippen LogP contribution in [0.25, 0.3) is 0 Å². The lowest BCUT2D eigenvalue weighted by atomic mass is 10.1. The largest absolute Gasteiger partial charge is 0.460 e. The molecule has 3 amide bonds. The molecule has 1 unspecified atom stereocenters. The lowest BCUT2D eigenvalue weighted by molar-refractivity contribution is -0.145. The molecule has 50 heavy (non-hydrogen) atoms. The first-order chi connectivity index (χ1) is 23.8. The van der Waals surface area contributed by atoms with E-state index in [2.05, 4.69) is 57.4 Å². The van der Waals surface area contributed by atoms with Crippen molar-refractivity contribution in [2.24, 2.45) is 5.92 Å². The zero-order chi connectivity index (χ0) is 37.8. The van der Waals surface area contributed by atoms with Gasteiger partial charge < -0.3 is 25.0 Å². The number of amides is 3. The minimum Gasteiger partial charge on any atom is -0.460 e. The number of rotatable bonds is 13. The van der Waals surface area contributed by atoms with E-state index in [1.54, 1.807) is 4.90 Å². The van der Waals surface area contributed by atoms with Crippen molar-refractivity contribution < 1.29 is 28.7 Å². The number of benzene rings is 3. The van der Waals surface area contributed by atoms with Gasteiger partial charge in [0.05, 0.1) is 0 Å². The summed E-state index contributed by atoms with van der Waals surface area (Å²) in [5.74, 6) is -0.144. The minimum atomic E-state index is -0.748. The Balaban J connectivity index is 0.000000838. The maximum atomic E-state index is 12.2. The van der Waals surface area contributed by atoms with Crippen LogP contribution >= 0.6 is 0 Å². The van der Waals surface area contributed by atoms with Crippen molar-refractivity contribution in [3.8, 4) is 0 Å². The monoisotopic (exact) mass is 691 g/mol. The molecule has 0 radical (unpaired) electrons. The van der Waals surface area contributed by atoms with E-state index in [9.17, 15) is 19.2 Å². The molecule has 0 aromatic heterocycles. The smallest absolute Gasteiger partial charge is 0.410 e. The number of carbonyl (C=O) groups is 4. The number of nitrogens with zero attached hydrogens (tertiary/aromatic N) is 1. The molecule has 3 rings (SSSR count). The SMILES string of the molecule is CC(C)C.CCC.CCN(CCc1ccccc1)C(=O)OC(C)(C)C.O=CNC(Cc1ccccc1)C(=O)NCC(=O)OCc1ccccc1. The Labute approximate surface area is 301 Å². The van der Waals surface area contributed by atoms with Crippen LogP contribution in [0.2, 0.25) is 0 Å². The van der Waals surface area contributed by atoms with Gasteiger partial charge in [-0.1, -0.05) is 132 Å². The quantitative estimate of drug-likeness (QED) is 0.140. The van der Waals surface area contributed by atoms with Crippen molar-refractivity contribution in [2.45, 2.75) is 99.8 Å². The molecule has 0 spiro atoms. The molecule has 276 valence electrons. The molecule has 0 aliphatic heterocycles. The van der Waals surface area contributed by atoms with Gasteiger partial charge >= 0.3 is 12.1 Å². The van der Waals surface area contributed by atoms with Crippen LogP contribution in [0.5, 0.6) is 0 Å². The van der Waals surface area contributed by atoms with Crippen LogP contribution in [0.4, 0.5) is 4.79 Å². The Morgan fingerprint density at radius 2 is 1.24 bits per heavy atom. The molecule has 9 nitrogen and oxygen atoms in total. The zero-order valence-corrected chi connectivity index (χ0v) is 31.7. The molecule has 9 heteroatoms. The normalized spacial score (nSPS) is 10.7. The third kappa shape index (κ3) is 24.5. The van der Waals surface area contributed by atoms with E-state index in [4.69, 9.17) is 9.47 Å². The fourth-order valence-electron chi connectivity index (χ4n) is 3.84. The molecule has 3 aromatic carbocycles.